The van der Waals surface area contributed by atoms with Crippen molar-refractivity contribution in [2.75, 3.05) is 19.8 Å². The molecule has 0 unspecified atom stereocenters. The van der Waals surface area contributed by atoms with Gasteiger partial charge in [-0.2, -0.15) is 0 Å². The van der Waals surface area contributed by atoms with E-state index in [4.69, 9.17) is 14.9 Å². The Balaban J connectivity index is -0.000000303. The number of rotatable bonds is 7. The van der Waals surface area contributed by atoms with Crippen molar-refractivity contribution in [2.24, 2.45) is 0 Å². The van der Waals surface area contributed by atoms with Gasteiger partial charge in [0.2, 0.25) is 0 Å². The minimum absolute atomic E-state index is 0.0300. The number of allylic oxidation sites excluding steroid dienone is 1. The van der Waals surface area contributed by atoms with Crippen LogP contribution in [0.2, 0.25) is 0 Å². The lowest BCUT2D eigenvalue weighted by Crippen LogP contribution is -2.07. The van der Waals surface area contributed by atoms with Gasteiger partial charge in [0.1, 0.15) is 5.78 Å². The van der Waals surface area contributed by atoms with Gasteiger partial charge >= 0.3 is 5.97 Å². The van der Waals surface area contributed by atoms with Gasteiger partial charge in [0.25, 0.3) is 0 Å². The summed E-state index contributed by atoms with van der Waals surface area (Å²) in [6.07, 6.45) is 4.18. The monoisotopic (exact) mass is 276 g/mol. The first-order valence-corrected chi connectivity index (χ1v) is 6.43. The molecule has 0 amide bonds. The number of ether oxygens (including phenoxy) is 1. The zero-order chi connectivity index (χ0) is 15.5. The Morgan fingerprint density at radius 3 is 2.00 bits per heavy atom. The maximum absolute atomic E-state index is 10.8. The third kappa shape index (κ3) is 38.3. The lowest BCUT2D eigenvalue weighted by Gasteiger charge is -2.01. The number of carbonyl (C=O) groups excluding carboxylic acids is 2. The van der Waals surface area contributed by atoms with Crippen LogP contribution >= 0.6 is 0 Å². The second kappa shape index (κ2) is 22.0. The molecule has 0 aromatic carbocycles. The van der Waals surface area contributed by atoms with E-state index < -0.39 is 0 Å². The average molecular weight is 276 g/mol. The molecular weight excluding hydrogens is 248 g/mol. The van der Waals surface area contributed by atoms with Gasteiger partial charge in [-0.1, -0.05) is 19.4 Å². The van der Waals surface area contributed by atoms with Crippen molar-refractivity contribution >= 4 is 11.8 Å². The van der Waals surface area contributed by atoms with Crippen molar-refractivity contribution in [1.82, 2.24) is 0 Å². The molecule has 5 nitrogen and oxygen atoms in total. The molecule has 0 radical (unpaired) electrons. The number of aliphatic hydroxyl groups excluding tert-OH is 2. The molecule has 114 valence electrons. The zero-order valence-corrected chi connectivity index (χ0v) is 12.4. The molecule has 0 fully saturated rings. The topological polar surface area (TPSA) is 83.8 Å². The first kappa shape index (κ1) is 22.9. The molecule has 0 aliphatic carbocycles. The summed E-state index contributed by atoms with van der Waals surface area (Å²) in [7, 11) is 0. The predicted octanol–water partition coefficient (Wildman–Crippen LogP) is 1.86. The Hall–Kier alpha value is -1.20. The molecule has 2 N–H and O–H groups in total. The molecule has 0 aliphatic rings. The van der Waals surface area contributed by atoms with Crippen molar-refractivity contribution in [3.05, 3.63) is 12.7 Å². The van der Waals surface area contributed by atoms with E-state index in [0.29, 0.717) is 13.0 Å². The minimum Gasteiger partial charge on any atom is -0.466 e. The maximum atomic E-state index is 10.8. The van der Waals surface area contributed by atoms with E-state index in [2.05, 4.69) is 6.58 Å². The highest BCUT2D eigenvalue weighted by Crippen LogP contribution is 1.95. The van der Waals surface area contributed by atoms with Crippen LogP contribution in [0.4, 0.5) is 0 Å². The second-order valence-electron chi connectivity index (χ2n) is 3.63. The number of hydrogen-bond donors (Lipinski definition) is 2. The number of carbonyl (C=O) groups is 2. The summed E-state index contributed by atoms with van der Waals surface area (Å²) in [6, 6.07) is 0. The lowest BCUT2D eigenvalue weighted by molar-refractivity contribution is -0.144. The molecule has 0 saturated carbocycles. The van der Waals surface area contributed by atoms with Gasteiger partial charge < -0.3 is 19.7 Å². The van der Waals surface area contributed by atoms with Crippen LogP contribution in [0.3, 0.4) is 0 Å². The minimum atomic E-state index is -0.265. The quantitative estimate of drug-likeness (QED) is 0.421. The molecule has 5 heteroatoms. The fourth-order valence-corrected chi connectivity index (χ4v) is 0.681. The molecule has 0 atom stereocenters. The Morgan fingerprint density at radius 2 is 1.68 bits per heavy atom. The molecule has 0 rings (SSSR count). The number of hydrogen-bond acceptors (Lipinski definition) is 5. The Morgan fingerprint density at radius 1 is 1.21 bits per heavy atom. The van der Waals surface area contributed by atoms with Gasteiger partial charge in [0.05, 0.1) is 26.2 Å². The van der Waals surface area contributed by atoms with Gasteiger partial charge in [-0.3, -0.25) is 4.79 Å². The Labute approximate surface area is 116 Å². The van der Waals surface area contributed by atoms with Crippen molar-refractivity contribution in [2.45, 2.75) is 46.5 Å². The van der Waals surface area contributed by atoms with Crippen LogP contribution in [-0.4, -0.2) is 41.8 Å². The van der Waals surface area contributed by atoms with Gasteiger partial charge in [-0.25, -0.2) is 0 Å². The van der Waals surface area contributed by atoms with Crippen molar-refractivity contribution in [3.63, 3.8) is 0 Å². The molecule has 0 bridgehead atoms. The van der Waals surface area contributed by atoms with E-state index in [-0.39, 0.29) is 31.4 Å². The second-order valence-corrected chi connectivity index (χ2v) is 3.63. The molecular formula is C14H28O5. The van der Waals surface area contributed by atoms with E-state index in [9.17, 15) is 9.59 Å². The number of unbranched alkanes of at least 4 members (excludes halogenated alkanes) is 1. The van der Waals surface area contributed by atoms with Crippen molar-refractivity contribution in [1.29, 1.82) is 0 Å². The largest absolute Gasteiger partial charge is 0.466 e. The van der Waals surface area contributed by atoms with Crippen molar-refractivity contribution in [3.8, 4) is 0 Å². The van der Waals surface area contributed by atoms with Crippen LogP contribution in [0.1, 0.15) is 46.5 Å². The molecule has 0 heterocycles. The molecule has 0 aliphatic heterocycles. The standard InChI is InChI=1S/C9H16O3.C3H6.C2H6O2/c1-3-4-7-12-9(11)6-5-8(2)10;1-3-2;3-1-2-4/h3-7H2,1-2H3;3H,1H2,2H3;3-4H,1-2H2. The summed E-state index contributed by atoms with van der Waals surface area (Å²) in [4.78, 5) is 21.3. The summed E-state index contributed by atoms with van der Waals surface area (Å²) >= 11 is 0. The van der Waals surface area contributed by atoms with E-state index in [0.717, 1.165) is 12.8 Å². The average Bonchev–Trinajstić information content (AvgIpc) is 2.38. The van der Waals surface area contributed by atoms with Crippen LogP contribution in [0.15, 0.2) is 12.7 Å². The summed E-state index contributed by atoms with van der Waals surface area (Å²) in [5, 5.41) is 15.2. The van der Waals surface area contributed by atoms with Crippen LogP contribution in [0.25, 0.3) is 0 Å². The van der Waals surface area contributed by atoms with Gasteiger partial charge in [0, 0.05) is 6.42 Å². The third-order valence-electron chi connectivity index (χ3n) is 1.54. The lowest BCUT2D eigenvalue weighted by atomic mass is 10.2. The highest BCUT2D eigenvalue weighted by molar-refractivity contribution is 5.80. The Kier molecular flexibility index (Phi) is 26.6. The first-order chi connectivity index (χ1) is 8.99. The fraction of sp³-hybridized carbons (Fsp3) is 0.714. The zero-order valence-electron chi connectivity index (χ0n) is 12.4. The number of Topliss-reactive ketones (excluding diaryl/α,β-unsaturated/α-hetero) is 1. The van der Waals surface area contributed by atoms with Crippen LogP contribution in [0, 0.1) is 0 Å². The number of esters is 1. The summed E-state index contributed by atoms with van der Waals surface area (Å²) in [6.45, 7) is 8.98. The third-order valence-corrected chi connectivity index (χ3v) is 1.54. The Bertz CT molecular complexity index is 212. The van der Waals surface area contributed by atoms with Gasteiger partial charge in [-0.15, -0.1) is 6.58 Å². The molecule has 0 aromatic rings. The molecule has 0 saturated heterocycles. The number of ketones is 1. The molecule has 0 aromatic heterocycles. The van der Waals surface area contributed by atoms with Crippen molar-refractivity contribution < 1.29 is 24.5 Å². The van der Waals surface area contributed by atoms with E-state index in [1.165, 1.54) is 6.92 Å². The highest BCUT2D eigenvalue weighted by Gasteiger charge is 2.03. The van der Waals surface area contributed by atoms with Crippen LogP contribution < -0.4 is 0 Å². The maximum Gasteiger partial charge on any atom is 0.306 e. The van der Waals surface area contributed by atoms with E-state index in [1.54, 1.807) is 6.08 Å². The van der Waals surface area contributed by atoms with E-state index in [1.807, 2.05) is 13.8 Å². The highest BCUT2D eigenvalue weighted by atomic mass is 16.5. The fourth-order valence-electron chi connectivity index (χ4n) is 0.681. The van der Waals surface area contributed by atoms with Gasteiger partial charge in [-0.05, 0) is 20.3 Å². The van der Waals surface area contributed by atoms with E-state index >= 15 is 0 Å². The molecule has 0 spiro atoms. The van der Waals surface area contributed by atoms with Gasteiger partial charge in [0.15, 0.2) is 0 Å². The first-order valence-electron chi connectivity index (χ1n) is 6.43. The smallest absolute Gasteiger partial charge is 0.306 e. The van der Waals surface area contributed by atoms with Crippen LogP contribution in [0.5, 0.6) is 0 Å². The normalized spacial score (nSPS) is 8.26. The molecule has 19 heavy (non-hydrogen) atoms. The summed E-state index contributed by atoms with van der Waals surface area (Å²) in [5.74, 6) is -0.235. The van der Waals surface area contributed by atoms with Crippen LogP contribution in [-0.2, 0) is 14.3 Å². The number of aliphatic hydroxyl groups is 2. The summed E-state index contributed by atoms with van der Waals surface area (Å²) < 4.78 is 4.84. The predicted molar refractivity (Wildman–Crippen MR) is 75.8 cm³/mol. The summed E-state index contributed by atoms with van der Waals surface area (Å²) in [5.41, 5.74) is 0. The SMILES string of the molecule is C=CC.CCCCOC(=O)CCC(C)=O.OCCO.